The highest BCUT2D eigenvalue weighted by molar-refractivity contribution is 5.34. The highest BCUT2D eigenvalue weighted by Gasteiger charge is 2.32. The molecule has 1 aromatic carbocycles. The second kappa shape index (κ2) is 6.76. The molecule has 1 nitrogen and oxygen atoms in total. The van der Waals surface area contributed by atoms with Gasteiger partial charge in [0.25, 0.3) is 0 Å². The van der Waals surface area contributed by atoms with Crippen LogP contribution < -0.4 is 5.32 Å². The van der Waals surface area contributed by atoms with Gasteiger partial charge in [-0.3, -0.25) is 0 Å². The lowest BCUT2D eigenvalue weighted by Gasteiger charge is -2.37. The molecule has 0 aliphatic heterocycles. The highest BCUT2D eigenvalue weighted by atomic mass is 14.9. The Labute approximate surface area is 124 Å². The van der Waals surface area contributed by atoms with E-state index >= 15 is 0 Å². The molecule has 1 heteroatoms. The Morgan fingerprint density at radius 3 is 2.45 bits per heavy atom. The Morgan fingerprint density at radius 1 is 0.950 bits per heavy atom. The minimum absolute atomic E-state index is 0.689. The Hall–Kier alpha value is -0.820. The predicted octanol–water partition coefficient (Wildman–Crippen LogP) is 4.66. The topological polar surface area (TPSA) is 12.0 Å². The van der Waals surface area contributed by atoms with E-state index in [9.17, 15) is 0 Å². The molecule has 1 N–H and O–H groups in total. The molecule has 2 unspecified atom stereocenters. The van der Waals surface area contributed by atoms with Gasteiger partial charge < -0.3 is 5.32 Å². The third kappa shape index (κ3) is 2.93. The van der Waals surface area contributed by atoms with Gasteiger partial charge >= 0.3 is 0 Å². The van der Waals surface area contributed by atoms with E-state index < -0.39 is 0 Å². The molecule has 0 saturated heterocycles. The average molecular weight is 271 g/mol. The summed E-state index contributed by atoms with van der Waals surface area (Å²) >= 11 is 0. The number of likely N-dealkylation sites (N-methyl/N-ethyl adjacent to an activating group) is 1. The van der Waals surface area contributed by atoms with E-state index in [4.69, 9.17) is 0 Å². The summed E-state index contributed by atoms with van der Waals surface area (Å²) in [7, 11) is 2.19. The summed E-state index contributed by atoms with van der Waals surface area (Å²) in [6.07, 6.45) is 12.7. The zero-order chi connectivity index (χ0) is 13.8. The van der Waals surface area contributed by atoms with Gasteiger partial charge in [-0.25, -0.2) is 0 Å². The summed E-state index contributed by atoms with van der Waals surface area (Å²) in [6, 6.07) is 9.87. The maximum atomic E-state index is 3.71. The van der Waals surface area contributed by atoms with Crippen molar-refractivity contribution in [3.05, 3.63) is 35.4 Å². The van der Waals surface area contributed by atoms with Gasteiger partial charge in [0.2, 0.25) is 0 Å². The SMILES string of the molecule is CNC(C1CCCCCC1)C1CCCc2ccccc21. The number of nitrogens with one attached hydrogen (secondary N) is 1. The van der Waals surface area contributed by atoms with Crippen LogP contribution in [0.25, 0.3) is 0 Å². The number of hydrogen-bond donors (Lipinski definition) is 1. The van der Waals surface area contributed by atoms with E-state index in [0.717, 1.165) is 11.8 Å². The molecule has 3 rings (SSSR count). The summed E-state index contributed by atoms with van der Waals surface area (Å²) in [5, 5.41) is 3.71. The van der Waals surface area contributed by atoms with Crippen LogP contribution in [0.3, 0.4) is 0 Å². The second-order valence-electron chi connectivity index (χ2n) is 6.76. The van der Waals surface area contributed by atoms with Crippen LogP contribution >= 0.6 is 0 Å². The van der Waals surface area contributed by atoms with E-state index in [-0.39, 0.29) is 0 Å². The molecule has 2 aliphatic rings. The first-order valence-electron chi connectivity index (χ1n) is 8.65. The quantitative estimate of drug-likeness (QED) is 0.788. The molecule has 110 valence electrons. The molecule has 0 heterocycles. The van der Waals surface area contributed by atoms with Gasteiger partial charge in [-0.2, -0.15) is 0 Å². The zero-order valence-electron chi connectivity index (χ0n) is 12.9. The van der Waals surface area contributed by atoms with Gasteiger partial charge in [0.1, 0.15) is 0 Å². The number of hydrogen-bond acceptors (Lipinski definition) is 1. The highest BCUT2D eigenvalue weighted by Crippen LogP contribution is 2.39. The largest absolute Gasteiger partial charge is 0.316 e. The van der Waals surface area contributed by atoms with Gasteiger partial charge in [-0.15, -0.1) is 0 Å². The Morgan fingerprint density at radius 2 is 1.70 bits per heavy atom. The van der Waals surface area contributed by atoms with E-state index in [2.05, 4.69) is 36.6 Å². The molecular weight excluding hydrogens is 242 g/mol. The van der Waals surface area contributed by atoms with E-state index in [1.165, 1.54) is 57.8 Å². The van der Waals surface area contributed by atoms with Crippen LogP contribution in [-0.4, -0.2) is 13.1 Å². The van der Waals surface area contributed by atoms with Gasteiger partial charge in [0.05, 0.1) is 0 Å². The van der Waals surface area contributed by atoms with Crippen molar-refractivity contribution in [1.29, 1.82) is 0 Å². The minimum Gasteiger partial charge on any atom is -0.316 e. The zero-order valence-corrected chi connectivity index (χ0v) is 12.9. The standard InChI is InChI=1S/C19H29N/c1-20-19(16-10-4-2-3-5-11-16)18-14-8-12-15-9-6-7-13-17(15)18/h6-7,9,13,16,18-20H,2-5,8,10-12,14H2,1H3. The van der Waals surface area contributed by atoms with Crippen molar-refractivity contribution in [1.82, 2.24) is 5.32 Å². The van der Waals surface area contributed by atoms with Crippen LogP contribution in [-0.2, 0) is 6.42 Å². The number of fused-ring (bicyclic) bond motifs is 1. The number of benzene rings is 1. The Balaban J connectivity index is 1.82. The van der Waals surface area contributed by atoms with Gasteiger partial charge in [-0.1, -0.05) is 49.9 Å². The molecule has 2 aliphatic carbocycles. The van der Waals surface area contributed by atoms with E-state index in [1.807, 2.05) is 0 Å². The van der Waals surface area contributed by atoms with Crippen molar-refractivity contribution in [3.63, 3.8) is 0 Å². The average Bonchev–Trinajstić information content (AvgIpc) is 2.78. The minimum atomic E-state index is 0.689. The molecule has 1 fully saturated rings. The molecule has 0 bridgehead atoms. The predicted molar refractivity (Wildman–Crippen MR) is 86.2 cm³/mol. The molecule has 1 saturated carbocycles. The fourth-order valence-corrected chi connectivity index (χ4v) is 4.60. The molecule has 1 aromatic rings. The third-order valence-electron chi connectivity index (χ3n) is 5.59. The van der Waals surface area contributed by atoms with Crippen LogP contribution in [0, 0.1) is 5.92 Å². The maximum Gasteiger partial charge on any atom is 0.0161 e. The smallest absolute Gasteiger partial charge is 0.0161 e. The normalized spacial score (nSPS) is 25.8. The molecule has 0 aromatic heterocycles. The summed E-state index contributed by atoms with van der Waals surface area (Å²) in [6.45, 7) is 0. The van der Waals surface area contributed by atoms with Crippen molar-refractivity contribution >= 4 is 0 Å². The van der Waals surface area contributed by atoms with Gasteiger partial charge in [0.15, 0.2) is 0 Å². The fourth-order valence-electron chi connectivity index (χ4n) is 4.60. The molecule has 0 spiro atoms. The summed E-state index contributed by atoms with van der Waals surface area (Å²) < 4.78 is 0. The van der Waals surface area contributed by atoms with Crippen molar-refractivity contribution in [2.45, 2.75) is 69.7 Å². The van der Waals surface area contributed by atoms with Crippen LogP contribution in [0.1, 0.15) is 68.4 Å². The van der Waals surface area contributed by atoms with Gasteiger partial charge in [-0.05, 0) is 62.1 Å². The summed E-state index contributed by atoms with van der Waals surface area (Å²) in [5.41, 5.74) is 3.25. The van der Waals surface area contributed by atoms with E-state index in [1.54, 1.807) is 11.1 Å². The number of aryl methyl sites for hydroxylation is 1. The fraction of sp³-hybridized carbons (Fsp3) is 0.684. The van der Waals surface area contributed by atoms with Crippen molar-refractivity contribution in [2.24, 2.45) is 5.92 Å². The first-order valence-corrected chi connectivity index (χ1v) is 8.65. The molecule has 0 radical (unpaired) electrons. The lowest BCUT2D eigenvalue weighted by atomic mass is 9.73. The summed E-state index contributed by atoms with van der Waals surface area (Å²) in [4.78, 5) is 0. The first-order chi connectivity index (χ1) is 9.90. The second-order valence-corrected chi connectivity index (χ2v) is 6.76. The molecule has 20 heavy (non-hydrogen) atoms. The van der Waals surface area contributed by atoms with Crippen LogP contribution in [0.5, 0.6) is 0 Å². The van der Waals surface area contributed by atoms with Gasteiger partial charge in [0, 0.05) is 6.04 Å². The number of rotatable bonds is 3. The molecular formula is C19H29N. The van der Waals surface area contributed by atoms with Crippen LogP contribution in [0.4, 0.5) is 0 Å². The Kier molecular flexibility index (Phi) is 4.77. The van der Waals surface area contributed by atoms with E-state index in [0.29, 0.717) is 6.04 Å². The molecule has 0 amide bonds. The lowest BCUT2D eigenvalue weighted by molar-refractivity contribution is 0.276. The molecule has 2 atom stereocenters. The summed E-state index contributed by atoms with van der Waals surface area (Å²) in [5.74, 6) is 1.63. The third-order valence-corrected chi connectivity index (χ3v) is 5.59. The maximum absolute atomic E-state index is 3.71. The monoisotopic (exact) mass is 271 g/mol. The van der Waals surface area contributed by atoms with Crippen molar-refractivity contribution in [3.8, 4) is 0 Å². The lowest BCUT2D eigenvalue weighted by Crippen LogP contribution is -2.40. The Bertz CT molecular complexity index is 418. The van der Waals surface area contributed by atoms with Crippen molar-refractivity contribution in [2.75, 3.05) is 7.05 Å². The van der Waals surface area contributed by atoms with Crippen molar-refractivity contribution < 1.29 is 0 Å². The first kappa shape index (κ1) is 14.1. The van der Waals surface area contributed by atoms with Crippen LogP contribution in [0.15, 0.2) is 24.3 Å². The van der Waals surface area contributed by atoms with Crippen LogP contribution in [0.2, 0.25) is 0 Å².